The largest absolute Gasteiger partial charge is 0.573 e. The van der Waals surface area contributed by atoms with Crippen LogP contribution in [-0.4, -0.2) is 54.6 Å². The van der Waals surface area contributed by atoms with E-state index in [9.17, 15) is 22.4 Å². The van der Waals surface area contributed by atoms with Crippen molar-refractivity contribution >= 4 is 11.8 Å². The molecule has 1 fully saturated rings. The van der Waals surface area contributed by atoms with Crippen LogP contribution in [0.2, 0.25) is 0 Å². The number of piperidine rings is 1. The number of amides is 2. The molecule has 9 nitrogen and oxygen atoms in total. The molecule has 2 aromatic carbocycles. The molecule has 1 aliphatic rings. The summed E-state index contributed by atoms with van der Waals surface area (Å²) in [5.41, 5.74) is 1.78. The van der Waals surface area contributed by atoms with Crippen molar-refractivity contribution < 1.29 is 36.6 Å². The standard InChI is InChI=1S/C26H29F4N5O4/c1-16-23(33-25(36)32-13-18-12-17(15-37-2)8-9-21(18)39-26(28,29)30)35(19-6-4-3-5-7-19)34-24(16)38-22-10-11-31-14-20(22)27/h3-9,12,20,22,31H,10-11,13-15H2,1-2H3,(H2,32,33,36)/t20-,22+/m1/s1. The second-order valence-electron chi connectivity index (χ2n) is 8.92. The molecule has 2 heterocycles. The smallest absolute Gasteiger partial charge is 0.470 e. The van der Waals surface area contributed by atoms with Crippen LogP contribution in [0.5, 0.6) is 11.6 Å². The zero-order chi connectivity index (χ0) is 28.0. The normalized spacial score (nSPS) is 17.5. The molecule has 4 rings (SSSR count). The number of carbonyl (C=O) groups is 1. The zero-order valence-corrected chi connectivity index (χ0v) is 21.3. The summed E-state index contributed by atoms with van der Waals surface area (Å²) < 4.78 is 69.6. The van der Waals surface area contributed by atoms with Crippen LogP contribution >= 0.6 is 0 Å². The van der Waals surface area contributed by atoms with Crippen LogP contribution in [0.1, 0.15) is 23.1 Å². The van der Waals surface area contributed by atoms with Gasteiger partial charge in [0.25, 0.3) is 0 Å². The quantitative estimate of drug-likeness (QED) is 0.336. The summed E-state index contributed by atoms with van der Waals surface area (Å²) in [4.78, 5) is 12.9. The van der Waals surface area contributed by atoms with Gasteiger partial charge in [-0.2, -0.15) is 0 Å². The Kier molecular flexibility index (Phi) is 8.92. The Morgan fingerprint density at radius 2 is 1.97 bits per heavy atom. The molecule has 0 spiro atoms. The minimum Gasteiger partial charge on any atom is -0.470 e. The topological polar surface area (TPSA) is 98.7 Å². The number of halogens is 4. The third-order valence-electron chi connectivity index (χ3n) is 6.02. The van der Waals surface area contributed by atoms with Gasteiger partial charge in [0, 0.05) is 25.8 Å². The second kappa shape index (κ2) is 12.3. The average molecular weight is 552 g/mol. The van der Waals surface area contributed by atoms with Crippen molar-refractivity contribution in [3.8, 4) is 17.3 Å². The monoisotopic (exact) mass is 551 g/mol. The van der Waals surface area contributed by atoms with E-state index in [-0.39, 0.29) is 37.0 Å². The lowest BCUT2D eigenvalue weighted by Crippen LogP contribution is -2.44. The highest BCUT2D eigenvalue weighted by atomic mass is 19.4. The van der Waals surface area contributed by atoms with Crippen molar-refractivity contribution in [1.82, 2.24) is 20.4 Å². The first kappa shape index (κ1) is 28.2. The van der Waals surface area contributed by atoms with Crippen LogP contribution in [-0.2, 0) is 17.9 Å². The number of benzene rings is 2. The Morgan fingerprint density at radius 1 is 1.21 bits per heavy atom. The molecule has 3 aromatic rings. The lowest BCUT2D eigenvalue weighted by atomic mass is 10.1. The highest BCUT2D eigenvalue weighted by Gasteiger charge is 2.32. The number of alkyl halides is 4. The van der Waals surface area contributed by atoms with Gasteiger partial charge in [0.2, 0.25) is 5.88 Å². The number of carbonyl (C=O) groups excluding carboxylic acids is 1. The molecule has 39 heavy (non-hydrogen) atoms. The molecule has 210 valence electrons. The molecule has 1 saturated heterocycles. The number of aromatic nitrogens is 2. The van der Waals surface area contributed by atoms with E-state index in [1.165, 1.54) is 30.0 Å². The van der Waals surface area contributed by atoms with Gasteiger partial charge in [0.1, 0.15) is 23.8 Å². The van der Waals surface area contributed by atoms with Crippen molar-refractivity contribution in [2.75, 3.05) is 25.5 Å². The summed E-state index contributed by atoms with van der Waals surface area (Å²) >= 11 is 0. The fourth-order valence-electron chi connectivity index (χ4n) is 4.14. The van der Waals surface area contributed by atoms with Crippen molar-refractivity contribution in [3.63, 3.8) is 0 Å². The van der Waals surface area contributed by atoms with E-state index < -0.39 is 30.4 Å². The van der Waals surface area contributed by atoms with Gasteiger partial charge in [-0.25, -0.2) is 13.9 Å². The number of urea groups is 1. The Bertz CT molecular complexity index is 1270. The van der Waals surface area contributed by atoms with Gasteiger partial charge in [-0.3, -0.25) is 5.32 Å². The number of hydrogen-bond acceptors (Lipinski definition) is 6. The van der Waals surface area contributed by atoms with Crippen molar-refractivity contribution in [3.05, 3.63) is 65.2 Å². The van der Waals surface area contributed by atoms with Gasteiger partial charge in [0.15, 0.2) is 0 Å². The molecular formula is C26H29F4N5O4. The highest BCUT2D eigenvalue weighted by Crippen LogP contribution is 2.31. The van der Waals surface area contributed by atoms with Crippen molar-refractivity contribution in [1.29, 1.82) is 0 Å². The predicted octanol–water partition coefficient (Wildman–Crippen LogP) is 4.63. The molecule has 0 radical (unpaired) electrons. The molecule has 3 N–H and O–H groups in total. The molecule has 1 aliphatic heterocycles. The fraction of sp³-hybridized carbons (Fsp3) is 0.385. The Labute approximate surface area is 222 Å². The Hall–Kier alpha value is -3.84. The van der Waals surface area contributed by atoms with E-state index >= 15 is 0 Å². The Morgan fingerprint density at radius 3 is 2.67 bits per heavy atom. The molecule has 0 unspecified atom stereocenters. The lowest BCUT2D eigenvalue weighted by molar-refractivity contribution is -0.274. The zero-order valence-electron chi connectivity index (χ0n) is 21.3. The highest BCUT2D eigenvalue weighted by molar-refractivity contribution is 5.89. The second-order valence-corrected chi connectivity index (χ2v) is 8.92. The SMILES string of the molecule is COCc1ccc(OC(F)(F)F)c(CNC(=O)Nc2c(C)c(O[C@H]3CCNC[C@H]3F)nn2-c2ccccc2)c1. The predicted molar refractivity (Wildman–Crippen MR) is 135 cm³/mol. The maximum Gasteiger partial charge on any atom is 0.573 e. The number of hydrogen-bond donors (Lipinski definition) is 3. The van der Waals surface area contributed by atoms with Crippen LogP contribution in [0.4, 0.5) is 28.2 Å². The summed E-state index contributed by atoms with van der Waals surface area (Å²) in [5.74, 6) is -0.0126. The van der Waals surface area contributed by atoms with E-state index in [4.69, 9.17) is 9.47 Å². The molecule has 1 aromatic heterocycles. The third-order valence-corrected chi connectivity index (χ3v) is 6.02. The molecule has 2 amide bonds. The average Bonchev–Trinajstić information content (AvgIpc) is 3.20. The van der Waals surface area contributed by atoms with Crippen LogP contribution < -0.4 is 25.4 Å². The summed E-state index contributed by atoms with van der Waals surface area (Å²) in [5, 5.41) is 12.7. The molecule has 0 saturated carbocycles. The van der Waals surface area contributed by atoms with E-state index in [1.807, 2.05) is 6.07 Å². The summed E-state index contributed by atoms with van der Waals surface area (Å²) in [6.45, 7) is 2.34. The van der Waals surface area contributed by atoms with Crippen LogP contribution in [0.3, 0.4) is 0 Å². The number of nitrogens with zero attached hydrogens (tertiary/aromatic N) is 2. The number of rotatable bonds is 9. The van der Waals surface area contributed by atoms with E-state index in [0.717, 1.165) is 0 Å². The first-order chi connectivity index (χ1) is 18.6. The first-order valence-corrected chi connectivity index (χ1v) is 12.2. The van der Waals surface area contributed by atoms with Gasteiger partial charge in [-0.15, -0.1) is 18.3 Å². The maximum absolute atomic E-state index is 14.4. The number of anilines is 1. The Balaban J connectivity index is 1.55. The number of ether oxygens (including phenoxy) is 3. The van der Waals surface area contributed by atoms with Gasteiger partial charge in [-0.1, -0.05) is 24.3 Å². The lowest BCUT2D eigenvalue weighted by Gasteiger charge is -2.26. The van der Waals surface area contributed by atoms with Crippen molar-refractivity contribution in [2.45, 2.75) is 45.1 Å². The molecule has 0 bridgehead atoms. The van der Waals surface area contributed by atoms with Gasteiger partial charge < -0.3 is 24.8 Å². The number of nitrogens with one attached hydrogen (secondary N) is 3. The summed E-state index contributed by atoms with van der Waals surface area (Å²) in [6.07, 6.45) is -6.37. The summed E-state index contributed by atoms with van der Waals surface area (Å²) in [7, 11) is 1.46. The third kappa shape index (κ3) is 7.39. The van der Waals surface area contributed by atoms with E-state index in [0.29, 0.717) is 29.8 Å². The number of methoxy groups -OCH3 is 1. The molecule has 0 aliphatic carbocycles. The number of para-hydroxylation sites is 1. The van der Waals surface area contributed by atoms with Gasteiger partial charge in [-0.05, 0) is 49.7 Å². The van der Waals surface area contributed by atoms with Crippen LogP contribution in [0.15, 0.2) is 48.5 Å². The minimum absolute atomic E-state index is 0.106. The minimum atomic E-state index is -4.90. The fourth-order valence-corrected chi connectivity index (χ4v) is 4.14. The maximum atomic E-state index is 14.4. The van der Waals surface area contributed by atoms with Gasteiger partial charge in [0.05, 0.1) is 17.9 Å². The first-order valence-electron chi connectivity index (χ1n) is 12.2. The van der Waals surface area contributed by atoms with E-state index in [1.54, 1.807) is 31.2 Å². The van der Waals surface area contributed by atoms with Crippen LogP contribution in [0.25, 0.3) is 5.69 Å². The van der Waals surface area contributed by atoms with Crippen LogP contribution in [0, 0.1) is 6.92 Å². The van der Waals surface area contributed by atoms with E-state index in [2.05, 4.69) is 25.8 Å². The van der Waals surface area contributed by atoms with Crippen molar-refractivity contribution in [2.24, 2.45) is 0 Å². The molecular weight excluding hydrogens is 522 g/mol. The summed E-state index contributed by atoms with van der Waals surface area (Å²) in [6, 6.07) is 12.3. The van der Waals surface area contributed by atoms with Gasteiger partial charge >= 0.3 is 12.4 Å². The molecule has 2 atom stereocenters. The molecule has 13 heteroatoms.